The third-order valence-electron chi connectivity index (χ3n) is 4.91. The molecule has 2 aliphatic heterocycles. The van der Waals surface area contributed by atoms with Gasteiger partial charge in [0.25, 0.3) is 0 Å². The van der Waals surface area contributed by atoms with Crippen molar-refractivity contribution in [3.8, 4) is 0 Å². The van der Waals surface area contributed by atoms with Crippen LogP contribution in [0.5, 0.6) is 0 Å². The molecule has 6 heteroatoms. The van der Waals surface area contributed by atoms with Gasteiger partial charge in [0.1, 0.15) is 6.61 Å². The van der Waals surface area contributed by atoms with E-state index >= 15 is 0 Å². The van der Waals surface area contributed by atoms with Crippen molar-refractivity contribution >= 4 is 23.8 Å². The highest BCUT2D eigenvalue weighted by Crippen LogP contribution is 2.45. The van der Waals surface area contributed by atoms with E-state index < -0.39 is 17.4 Å². The monoisotopic (exact) mass is 335 g/mol. The van der Waals surface area contributed by atoms with Crippen LogP contribution in [0.1, 0.15) is 24.8 Å². The van der Waals surface area contributed by atoms with Crippen LogP contribution in [0, 0.1) is 5.92 Å². The van der Waals surface area contributed by atoms with Crippen molar-refractivity contribution in [1.29, 1.82) is 0 Å². The minimum atomic E-state index is -0.796. The number of thioether (sulfide) groups is 1. The van der Waals surface area contributed by atoms with E-state index in [4.69, 9.17) is 4.74 Å². The van der Waals surface area contributed by atoms with Gasteiger partial charge >= 0.3 is 12.1 Å². The van der Waals surface area contributed by atoms with Gasteiger partial charge in [0.2, 0.25) is 0 Å². The molecule has 1 amide bonds. The number of hydrogen-bond acceptors (Lipinski definition) is 4. The van der Waals surface area contributed by atoms with Crippen LogP contribution < -0.4 is 0 Å². The predicted molar refractivity (Wildman–Crippen MR) is 88.4 cm³/mol. The Hall–Kier alpha value is -1.69. The fourth-order valence-electron chi connectivity index (χ4n) is 3.70. The number of rotatable bonds is 3. The lowest BCUT2D eigenvalue weighted by molar-refractivity contribution is -0.144. The fourth-order valence-corrected chi connectivity index (χ4v) is 4.90. The second kappa shape index (κ2) is 6.83. The summed E-state index contributed by atoms with van der Waals surface area (Å²) in [7, 11) is 0. The summed E-state index contributed by atoms with van der Waals surface area (Å²) in [5.41, 5.74) is 0.369. The van der Waals surface area contributed by atoms with Crippen molar-refractivity contribution in [2.45, 2.75) is 31.4 Å². The Labute approximate surface area is 140 Å². The van der Waals surface area contributed by atoms with Gasteiger partial charge in [0.05, 0.1) is 11.5 Å². The Bertz CT molecular complexity index is 571. The molecule has 1 aromatic rings. The average molecular weight is 335 g/mol. The Morgan fingerprint density at radius 2 is 1.96 bits per heavy atom. The molecule has 0 aromatic heterocycles. The number of carboxylic acid groups (broad SMARTS) is 1. The van der Waals surface area contributed by atoms with Crippen molar-refractivity contribution in [3.63, 3.8) is 0 Å². The summed E-state index contributed by atoms with van der Waals surface area (Å²) < 4.78 is 5.45. The second-order valence-corrected chi connectivity index (χ2v) is 7.31. The van der Waals surface area contributed by atoms with E-state index in [-0.39, 0.29) is 12.7 Å². The van der Waals surface area contributed by atoms with E-state index in [9.17, 15) is 14.7 Å². The summed E-state index contributed by atoms with van der Waals surface area (Å²) in [4.78, 5) is 25.9. The molecule has 2 heterocycles. The van der Waals surface area contributed by atoms with Gasteiger partial charge in [-0.1, -0.05) is 30.3 Å². The summed E-state index contributed by atoms with van der Waals surface area (Å²) in [6.45, 7) is 0.688. The van der Waals surface area contributed by atoms with Gasteiger partial charge in [-0.25, -0.2) is 4.79 Å². The first-order valence-corrected chi connectivity index (χ1v) is 9.08. The number of carbonyl (C=O) groups excluding carboxylic acids is 1. The molecule has 0 aliphatic carbocycles. The van der Waals surface area contributed by atoms with Gasteiger partial charge < -0.3 is 14.7 Å². The molecule has 0 bridgehead atoms. The number of likely N-dealkylation sites (tertiary alicyclic amines) is 1. The number of benzene rings is 1. The smallest absolute Gasteiger partial charge is 0.410 e. The SMILES string of the molecule is O=C(O)C1CCN(C(=O)OCc2ccccc2)C12CCSCC2. The molecule has 1 unspecified atom stereocenters. The summed E-state index contributed by atoms with van der Waals surface area (Å²) in [5.74, 6) is 0.515. The summed E-state index contributed by atoms with van der Waals surface area (Å²) in [5, 5.41) is 9.55. The molecule has 2 fully saturated rings. The predicted octanol–water partition coefficient (Wildman–Crippen LogP) is 3.00. The highest BCUT2D eigenvalue weighted by Gasteiger charge is 2.54. The van der Waals surface area contributed by atoms with Crippen molar-refractivity contribution in [2.24, 2.45) is 5.92 Å². The Morgan fingerprint density at radius 1 is 1.26 bits per heavy atom. The number of carbonyl (C=O) groups is 2. The topological polar surface area (TPSA) is 66.8 Å². The maximum absolute atomic E-state index is 12.6. The number of hydrogen-bond donors (Lipinski definition) is 1. The lowest BCUT2D eigenvalue weighted by Gasteiger charge is -2.43. The summed E-state index contributed by atoms with van der Waals surface area (Å²) in [6, 6.07) is 9.53. The van der Waals surface area contributed by atoms with E-state index in [1.165, 1.54) is 0 Å². The molecule has 3 rings (SSSR count). The number of carboxylic acids is 1. The van der Waals surface area contributed by atoms with Crippen molar-refractivity contribution in [3.05, 3.63) is 35.9 Å². The number of amides is 1. The minimum Gasteiger partial charge on any atom is -0.481 e. The summed E-state index contributed by atoms with van der Waals surface area (Å²) >= 11 is 1.82. The van der Waals surface area contributed by atoms with Gasteiger partial charge in [0, 0.05) is 6.54 Å². The van der Waals surface area contributed by atoms with Gasteiger partial charge in [0.15, 0.2) is 0 Å². The highest BCUT2D eigenvalue weighted by molar-refractivity contribution is 7.99. The van der Waals surface area contributed by atoms with Crippen LogP contribution in [-0.4, -0.2) is 45.7 Å². The first-order chi connectivity index (χ1) is 11.1. The Balaban J connectivity index is 1.72. The molecule has 2 aliphatic rings. The van der Waals surface area contributed by atoms with Crippen molar-refractivity contribution in [2.75, 3.05) is 18.1 Å². The van der Waals surface area contributed by atoms with Gasteiger partial charge in [-0.2, -0.15) is 11.8 Å². The third kappa shape index (κ3) is 3.17. The van der Waals surface area contributed by atoms with Crippen LogP contribution in [0.3, 0.4) is 0 Å². The quantitative estimate of drug-likeness (QED) is 0.920. The molecule has 5 nitrogen and oxygen atoms in total. The van der Waals surface area contributed by atoms with Crippen molar-refractivity contribution in [1.82, 2.24) is 4.90 Å². The first-order valence-electron chi connectivity index (χ1n) is 7.92. The largest absolute Gasteiger partial charge is 0.481 e. The lowest BCUT2D eigenvalue weighted by atomic mass is 9.80. The molecule has 0 radical (unpaired) electrons. The standard InChI is InChI=1S/C17H21NO4S/c19-15(20)14-6-9-18(17(14)7-10-23-11-8-17)16(21)22-12-13-4-2-1-3-5-13/h1-5,14H,6-12H2,(H,19,20). The normalized spacial score (nSPS) is 23.0. The van der Waals surface area contributed by atoms with Crippen LogP contribution >= 0.6 is 11.8 Å². The van der Waals surface area contributed by atoms with Gasteiger partial charge in [-0.3, -0.25) is 4.79 Å². The van der Waals surface area contributed by atoms with E-state index in [0.29, 0.717) is 13.0 Å². The Morgan fingerprint density at radius 3 is 2.61 bits per heavy atom. The molecular weight excluding hydrogens is 314 g/mol. The lowest BCUT2D eigenvalue weighted by Crippen LogP contribution is -2.54. The maximum Gasteiger partial charge on any atom is 0.410 e. The molecule has 23 heavy (non-hydrogen) atoms. The van der Waals surface area contributed by atoms with Crippen LogP contribution in [0.25, 0.3) is 0 Å². The van der Waals surface area contributed by atoms with E-state index in [0.717, 1.165) is 29.9 Å². The van der Waals surface area contributed by atoms with Crippen LogP contribution in [-0.2, 0) is 16.1 Å². The minimum absolute atomic E-state index is 0.221. The maximum atomic E-state index is 12.6. The van der Waals surface area contributed by atoms with E-state index in [1.807, 2.05) is 42.1 Å². The van der Waals surface area contributed by atoms with Gasteiger partial charge in [-0.05, 0) is 36.3 Å². The number of aliphatic carboxylic acids is 1. The zero-order valence-electron chi connectivity index (χ0n) is 12.9. The zero-order valence-corrected chi connectivity index (χ0v) is 13.8. The second-order valence-electron chi connectivity index (χ2n) is 6.09. The molecule has 1 aromatic carbocycles. The molecule has 1 spiro atoms. The average Bonchev–Trinajstić information content (AvgIpc) is 2.93. The molecule has 1 N–H and O–H groups in total. The van der Waals surface area contributed by atoms with Crippen molar-refractivity contribution < 1.29 is 19.4 Å². The Kier molecular flexibility index (Phi) is 4.80. The fraction of sp³-hybridized carbons (Fsp3) is 0.529. The number of nitrogens with zero attached hydrogens (tertiary/aromatic N) is 1. The summed E-state index contributed by atoms with van der Waals surface area (Å²) in [6.07, 6.45) is 1.59. The highest BCUT2D eigenvalue weighted by atomic mass is 32.2. The molecule has 1 atom stereocenters. The number of ether oxygens (including phenoxy) is 1. The zero-order chi connectivity index (χ0) is 16.3. The third-order valence-corrected chi connectivity index (χ3v) is 5.90. The first kappa shape index (κ1) is 16.2. The van der Waals surface area contributed by atoms with Gasteiger partial charge in [-0.15, -0.1) is 0 Å². The molecular formula is C17H21NO4S. The van der Waals surface area contributed by atoms with E-state index in [1.54, 1.807) is 4.90 Å². The van der Waals surface area contributed by atoms with Crippen LogP contribution in [0.2, 0.25) is 0 Å². The molecule has 0 saturated carbocycles. The molecule has 2 saturated heterocycles. The van der Waals surface area contributed by atoms with E-state index in [2.05, 4.69) is 0 Å². The van der Waals surface area contributed by atoms with Crippen LogP contribution in [0.15, 0.2) is 30.3 Å². The van der Waals surface area contributed by atoms with Crippen LogP contribution in [0.4, 0.5) is 4.79 Å². The molecule has 124 valence electrons.